The van der Waals surface area contributed by atoms with Crippen molar-refractivity contribution in [3.63, 3.8) is 0 Å². The van der Waals surface area contributed by atoms with Gasteiger partial charge in [0.1, 0.15) is 0 Å². The van der Waals surface area contributed by atoms with Gasteiger partial charge < -0.3 is 10.2 Å². The highest BCUT2D eigenvalue weighted by atomic mass is 16.3. The number of aliphatic hydroxyl groups is 2. The van der Waals surface area contributed by atoms with Crippen LogP contribution in [-0.2, 0) is 0 Å². The second-order valence-electron chi connectivity index (χ2n) is 14.9. The van der Waals surface area contributed by atoms with Crippen LogP contribution in [0.25, 0.3) is 0 Å². The van der Waals surface area contributed by atoms with Crippen molar-refractivity contribution in [2.75, 3.05) is 0 Å². The molecule has 0 aromatic carbocycles. The van der Waals surface area contributed by atoms with E-state index in [1.165, 1.54) is 44.9 Å². The number of hydrogen-bond donors (Lipinski definition) is 2. The topological polar surface area (TPSA) is 40.5 Å². The Bertz CT molecular complexity index is 795. The molecule has 0 spiro atoms. The Labute approximate surface area is 197 Å². The van der Waals surface area contributed by atoms with E-state index in [9.17, 15) is 10.2 Å². The second-order valence-corrected chi connectivity index (χ2v) is 14.9. The minimum Gasteiger partial charge on any atom is -0.393 e. The fourth-order valence-electron chi connectivity index (χ4n) is 10.9. The molecule has 2 nitrogen and oxygen atoms in total. The van der Waals surface area contributed by atoms with Gasteiger partial charge in [0.15, 0.2) is 0 Å². The van der Waals surface area contributed by atoms with Gasteiger partial charge >= 0.3 is 0 Å². The van der Waals surface area contributed by atoms with E-state index in [2.05, 4.69) is 54.5 Å². The third kappa shape index (κ3) is 2.96. The molecule has 182 valence electrons. The van der Waals surface area contributed by atoms with Crippen molar-refractivity contribution in [2.45, 2.75) is 125 Å². The molecule has 32 heavy (non-hydrogen) atoms. The molecule has 0 aromatic rings. The van der Waals surface area contributed by atoms with Crippen molar-refractivity contribution >= 4 is 0 Å². The summed E-state index contributed by atoms with van der Waals surface area (Å²) in [5.74, 6) is 2.68. The largest absolute Gasteiger partial charge is 0.393 e. The van der Waals surface area contributed by atoms with Crippen LogP contribution >= 0.6 is 0 Å². The Balaban J connectivity index is 1.50. The highest BCUT2D eigenvalue weighted by Gasteiger charge is 2.63. The first-order chi connectivity index (χ1) is 14.8. The van der Waals surface area contributed by atoms with Gasteiger partial charge in [0.25, 0.3) is 0 Å². The smallest absolute Gasteiger partial charge is 0.0594 e. The standard InChI is InChI=1S/C30H50O2/c1-26(2)21-10-8-19-18-28(5)15-12-22-27(3,4)25(32)14-17-30(22,7)23(28)11-9-20(19)29(21,6)16-13-24(26)31/h8,20-25,31-32H,9-18H2,1-7H3/t20-,21-,22-,23+,24+,25+,28-,29+,30-/m0/s1. The summed E-state index contributed by atoms with van der Waals surface area (Å²) in [7, 11) is 0. The molecule has 0 aliphatic heterocycles. The van der Waals surface area contributed by atoms with Gasteiger partial charge in [-0.25, -0.2) is 0 Å². The number of rotatable bonds is 0. The van der Waals surface area contributed by atoms with E-state index in [0.717, 1.165) is 25.2 Å². The van der Waals surface area contributed by atoms with Crippen LogP contribution in [0.2, 0.25) is 0 Å². The molecular weight excluding hydrogens is 392 g/mol. The van der Waals surface area contributed by atoms with E-state index >= 15 is 0 Å². The summed E-state index contributed by atoms with van der Waals surface area (Å²) in [4.78, 5) is 0. The predicted octanol–water partition coefficient (Wildman–Crippen LogP) is 7.14. The SMILES string of the molecule is CC1(C)[C@H](O)CC[C@]2(C)[C@@H]3CC[C@H]4C(=CC[C@H]5C(C)(C)[C@H](O)CC[C@]45C)C[C@]3(C)CC[C@@H]12. The normalized spacial score (nSPS) is 54.2. The summed E-state index contributed by atoms with van der Waals surface area (Å²) in [5, 5.41) is 21.7. The highest BCUT2D eigenvalue weighted by molar-refractivity contribution is 5.25. The molecule has 2 N–H and O–H groups in total. The van der Waals surface area contributed by atoms with Crippen LogP contribution in [-0.4, -0.2) is 22.4 Å². The summed E-state index contributed by atoms with van der Waals surface area (Å²) in [6.45, 7) is 17.2. The average Bonchev–Trinajstić information content (AvgIpc) is 2.86. The molecule has 4 saturated carbocycles. The molecule has 0 saturated heterocycles. The Kier molecular flexibility index (Phi) is 5.19. The zero-order valence-corrected chi connectivity index (χ0v) is 22.0. The highest BCUT2D eigenvalue weighted by Crippen LogP contribution is 2.70. The fraction of sp³-hybridized carbons (Fsp3) is 0.933. The van der Waals surface area contributed by atoms with Crippen molar-refractivity contribution in [2.24, 2.45) is 50.7 Å². The molecule has 0 radical (unpaired) electrons. The van der Waals surface area contributed by atoms with Gasteiger partial charge in [0.2, 0.25) is 0 Å². The number of fused-ring (bicyclic) bond motifs is 6. The molecule has 0 amide bonds. The van der Waals surface area contributed by atoms with Crippen LogP contribution in [0.3, 0.4) is 0 Å². The van der Waals surface area contributed by atoms with E-state index in [1.807, 2.05) is 0 Å². The zero-order chi connectivity index (χ0) is 23.3. The van der Waals surface area contributed by atoms with Crippen LogP contribution in [0.4, 0.5) is 0 Å². The molecule has 9 atom stereocenters. The van der Waals surface area contributed by atoms with Crippen molar-refractivity contribution in [3.8, 4) is 0 Å². The van der Waals surface area contributed by atoms with E-state index in [4.69, 9.17) is 0 Å². The van der Waals surface area contributed by atoms with Gasteiger partial charge in [-0.15, -0.1) is 0 Å². The minimum absolute atomic E-state index is 0.0125. The Hall–Kier alpha value is -0.340. The van der Waals surface area contributed by atoms with Gasteiger partial charge in [-0.2, -0.15) is 0 Å². The Morgan fingerprint density at radius 3 is 1.91 bits per heavy atom. The number of allylic oxidation sites excluding steroid dienone is 2. The third-order valence-corrected chi connectivity index (χ3v) is 12.9. The van der Waals surface area contributed by atoms with Crippen LogP contribution in [0, 0.1) is 50.7 Å². The van der Waals surface area contributed by atoms with Crippen molar-refractivity contribution < 1.29 is 10.2 Å². The first-order valence-corrected chi connectivity index (χ1v) is 13.8. The quantitative estimate of drug-likeness (QED) is 0.391. The van der Waals surface area contributed by atoms with Crippen LogP contribution in [0.15, 0.2) is 11.6 Å². The maximum absolute atomic E-state index is 10.9. The van der Waals surface area contributed by atoms with Crippen LogP contribution < -0.4 is 0 Å². The lowest BCUT2D eigenvalue weighted by molar-refractivity contribution is -0.170. The third-order valence-electron chi connectivity index (χ3n) is 12.9. The Morgan fingerprint density at radius 1 is 0.656 bits per heavy atom. The summed E-state index contributed by atoms with van der Waals surface area (Å²) >= 11 is 0. The lowest BCUT2D eigenvalue weighted by Gasteiger charge is -2.63. The van der Waals surface area contributed by atoms with Crippen LogP contribution in [0.5, 0.6) is 0 Å². The molecule has 5 aliphatic carbocycles. The maximum atomic E-state index is 10.9. The molecule has 2 heteroatoms. The fourth-order valence-corrected chi connectivity index (χ4v) is 10.9. The lowest BCUT2D eigenvalue weighted by atomic mass is 9.42. The lowest BCUT2D eigenvalue weighted by Crippen LogP contribution is -2.58. The molecule has 5 aliphatic rings. The number of hydrogen-bond acceptors (Lipinski definition) is 2. The zero-order valence-electron chi connectivity index (χ0n) is 22.0. The summed E-state index contributed by atoms with van der Waals surface area (Å²) in [6.07, 6.45) is 14.4. The predicted molar refractivity (Wildman–Crippen MR) is 132 cm³/mol. The van der Waals surface area contributed by atoms with E-state index in [0.29, 0.717) is 34.0 Å². The first kappa shape index (κ1) is 23.4. The molecule has 5 rings (SSSR count). The van der Waals surface area contributed by atoms with Crippen molar-refractivity contribution in [3.05, 3.63) is 11.6 Å². The van der Waals surface area contributed by atoms with Gasteiger partial charge in [-0.05, 0) is 115 Å². The summed E-state index contributed by atoms with van der Waals surface area (Å²) < 4.78 is 0. The Morgan fingerprint density at radius 2 is 1.25 bits per heavy atom. The maximum Gasteiger partial charge on any atom is 0.0594 e. The van der Waals surface area contributed by atoms with Crippen molar-refractivity contribution in [1.29, 1.82) is 0 Å². The molecule has 0 aromatic heterocycles. The second kappa shape index (κ2) is 7.09. The van der Waals surface area contributed by atoms with E-state index < -0.39 is 0 Å². The van der Waals surface area contributed by atoms with Gasteiger partial charge in [-0.3, -0.25) is 0 Å². The first-order valence-electron chi connectivity index (χ1n) is 13.8. The molecular formula is C30H50O2. The van der Waals surface area contributed by atoms with E-state index in [1.54, 1.807) is 5.57 Å². The average molecular weight is 443 g/mol. The monoisotopic (exact) mass is 442 g/mol. The molecule has 4 fully saturated rings. The molecule has 0 unspecified atom stereocenters. The molecule has 0 heterocycles. The van der Waals surface area contributed by atoms with Crippen LogP contribution in [0.1, 0.15) is 113 Å². The van der Waals surface area contributed by atoms with Gasteiger partial charge in [-0.1, -0.05) is 60.1 Å². The van der Waals surface area contributed by atoms with Crippen molar-refractivity contribution in [1.82, 2.24) is 0 Å². The van der Waals surface area contributed by atoms with E-state index in [-0.39, 0.29) is 23.0 Å². The number of aliphatic hydroxyl groups excluding tert-OH is 2. The van der Waals surface area contributed by atoms with Gasteiger partial charge in [0, 0.05) is 0 Å². The van der Waals surface area contributed by atoms with Gasteiger partial charge in [0.05, 0.1) is 12.2 Å². The molecule has 0 bridgehead atoms. The summed E-state index contributed by atoms with van der Waals surface area (Å²) in [6, 6.07) is 0. The summed E-state index contributed by atoms with van der Waals surface area (Å²) in [5.41, 5.74) is 2.91. The minimum atomic E-state index is -0.156.